The zero-order valence-electron chi connectivity index (χ0n) is 11.7. The van der Waals surface area contributed by atoms with Gasteiger partial charge in [-0.25, -0.2) is 0 Å². The Kier molecular flexibility index (Phi) is 4.13. The van der Waals surface area contributed by atoms with Gasteiger partial charge in [0, 0.05) is 11.3 Å². The molecule has 1 aromatic rings. The standard InChI is InChI=1S/C16H20O2S/c1-5-12-6-8-13(9-7-12)15-18-10-14(11-19(15)17)16(2,3)4/h1,6-9,14-15H,10-11H2,2-4H3/t14-,15-,19+/m0/s1. The summed E-state index contributed by atoms with van der Waals surface area (Å²) in [5.41, 5.74) is 1.60. The van der Waals surface area contributed by atoms with Crippen LogP contribution in [-0.4, -0.2) is 16.6 Å². The molecule has 2 rings (SSSR count). The van der Waals surface area contributed by atoms with Gasteiger partial charge < -0.3 is 4.74 Å². The first kappa shape index (κ1) is 14.3. The Labute approximate surface area is 118 Å². The van der Waals surface area contributed by atoms with Gasteiger partial charge in [-0.2, -0.15) is 0 Å². The normalized spacial score (nSPS) is 27.8. The summed E-state index contributed by atoms with van der Waals surface area (Å²) in [5.74, 6) is 3.62. The van der Waals surface area contributed by atoms with Crippen molar-refractivity contribution in [2.24, 2.45) is 11.3 Å². The minimum atomic E-state index is -0.988. The van der Waals surface area contributed by atoms with Crippen LogP contribution in [0.15, 0.2) is 24.3 Å². The Hall–Kier alpha value is -1.11. The van der Waals surface area contributed by atoms with E-state index in [4.69, 9.17) is 11.2 Å². The van der Waals surface area contributed by atoms with E-state index in [1.165, 1.54) is 0 Å². The topological polar surface area (TPSA) is 26.3 Å². The van der Waals surface area contributed by atoms with Crippen LogP contribution >= 0.6 is 0 Å². The van der Waals surface area contributed by atoms with Gasteiger partial charge in [-0.1, -0.05) is 38.8 Å². The SMILES string of the molecule is C#Cc1ccc([C@H]2OC[C@H](C(C)(C)C)C[S@]2=O)cc1. The fourth-order valence-electron chi connectivity index (χ4n) is 2.10. The highest BCUT2D eigenvalue weighted by Gasteiger charge is 2.35. The molecular weight excluding hydrogens is 256 g/mol. The summed E-state index contributed by atoms with van der Waals surface area (Å²) in [6, 6.07) is 7.56. The van der Waals surface area contributed by atoms with Crippen molar-refractivity contribution in [3.05, 3.63) is 35.4 Å². The van der Waals surface area contributed by atoms with Gasteiger partial charge in [0.05, 0.1) is 17.4 Å². The fourth-order valence-corrected chi connectivity index (χ4v) is 3.96. The van der Waals surface area contributed by atoms with Crippen molar-refractivity contribution < 1.29 is 8.95 Å². The van der Waals surface area contributed by atoms with Crippen molar-refractivity contribution in [2.75, 3.05) is 12.4 Å². The average molecular weight is 276 g/mol. The van der Waals surface area contributed by atoms with Gasteiger partial charge in [-0.05, 0) is 29.0 Å². The second-order valence-electron chi connectivity index (χ2n) is 6.04. The van der Waals surface area contributed by atoms with Crippen molar-refractivity contribution in [3.63, 3.8) is 0 Å². The molecule has 3 atom stereocenters. The van der Waals surface area contributed by atoms with Crippen molar-refractivity contribution in [2.45, 2.75) is 26.2 Å². The van der Waals surface area contributed by atoms with E-state index in [9.17, 15) is 4.21 Å². The van der Waals surface area contributed by atoms with E-state index >= 15 is 0 Å². The average Bonchev–Trinajstić information content (AvgIpc) is 2.38. The molecule has 0 spiro atoms. The summed E-state index contributed by atoms with van der Waals surface area (Å²) in [6.45, 7) is 7.16. The molecular formula is C16H20O2S. The Morgan fingerprint density at radius 3 is 2.42 bits per heavy atom. The maximum atomic E-state index is 12.4. The van der Waals surface area contributed by atoms with Crippen LogP contribution in [0.3, 0.4) is 0 Å². The number of hydrogen-bond acceptors (Lipinski definition) is 2. The first-order chi connectivity index (χ1) is 8.91. The van der Waals surface area contributed by atoms with Gasteiger partial charge in [-0.15, -0.1) is 6.42 Å². The Bertz CT molecular complexity index is 505. The quantitative estimate of drug-likeness (QED) is 0.737. The second kappa shape index (κ2) is 5.48. The van der Waals surface area contributed by atoms with E-state index in [0.29, 0.717) is 18.3 Å². The second-order valence-corrected chi connectivity index (χ2v) is 7.56. The molecule has 0 radical (unpaired) electrons. The van der Waals surface area contributed by atoms with Gasteiger partial charge in [0.15, 0.2) is 5.44 Å². The third kappa shape index (κ3) is 3.26. The van der Waals surface area contributed by atoms with Gasteiger partial charge in [-0.3, -0.25) is 4.21 Å². The van der Waals surface area contributed by atoms with Crippen LogP contribution < -0.4 is 0 Å². The molecule has 0 aromatic heterocycles. The molecule has 0 amide bonds. The lowest BCUT2D eigenvalue weighted by molar-refractivity contribution is 0.0353. The van der Waals surface area contributed by atoms with E-state index in [-0.39, 0.29) is 10.9 Å². The highest BCUT2D eigenvalue weighted by molar-refractivity contribution is 7.85. The van der Waals surface area contributed by atoms with Crippen LogP contribution in [0.25, 0.3) is 0 Å². The van der Waals surface area contributed by atoms with E-state index in [1.54, 1.807) is 0 Å². The molecule has 0 N–H and O–H groups in total. The van der Waals surface area contributed by atoms with Gasteiger partial charge in [0.2, 0.25) is 0 Å². The first-order valence-corrected chi connectivity index (χ1v) is 7.85. The smallest absolute Gasteiger partial charge is 0.157 e. The number of rotatable bonds is 1. The molecule has 3 heteroatoms. The molecule has 1 heterocycles. The largest absolute Gasteiger partial charge is 0.360 e. The van der Waals surface area contributed by atoms with Crippen LogP contribution in [0.2, 0.25) is 0 Å². The zero-order valence-corrected chi connectivity index (χ0v) is 12.5. The summed E-state index contributed by atoms with van der Waals surface area (Å²) >= 11 is 0. The number of benzene rings is 1. The Morgan fingerprint density at radius 2 is 1.95 bits per heavy atom. The monoisotopic (exact) mass is 276 g/mol. The minimum Gasteiger partial charge on any atom is -0.360 e. The van der Waals surface area contributed by atoms with Crippen LogP contribution in [-0.2, 0) is 15.5 Å². The molecule has 102 valence electrons. The van der Waals surface area contributed by atoms with Crippen molar-refractivity contribution in [1.29, 1.82) is 0 Å². The molecule has 19 heavy (non-hydrogen) atoms. The maximum absolute atomic E-state index is 12.4. The third-order valence-electron chi connectivity index (χ3n) is 3.63. The van der Waals surface area contributed by atoms with Gasteiger partial charge in [0.1, 0.15) is 0 Å². The Balaban J connectivity index is 2.12. The molecule has 1 aliphatic heterocycles. The lowest BCUT2D eigenvalue weighted by atomic mass is 9.82. The number of ether oxygens (including phenoxy) is 1. The molecule has 2 nitrogen and oxygen atoms in total. The van der Waals surface area contributed by atoms with E-state index < -0.39 is 10.8 Å². The van der Waals surface area contributed by atoms with Crippen molar-refractivity contribution in [3.8, 4) is 12.3 Å². The fraction of sp³-hybridized carbons (Fsp3) is 0.500. The van der Waals surface area contributed by atoms with Crippen molar-refractivity contribution >= 4 is 10.8 Å². The molecule has 0 unspecified atom stereocenters. The van der Waals surface area contributed by atoms with E-state index in [2.05, 4.69) is 26.7 Å². The first-order valence-electron chi connectivity index (χ1n) is 6.47. The zero-order chi connectivity index (χ0) is 14.0. The summed E-state index contributed by atoms with van der Waals surface area (Å²) in [7, 11) is -0.988. The highest BCUT2D eigenvalue weighted by Crippen LogP contribution is 2.35. The highest BCUT2D eigenvalue weighted by atomic mass is 32.2. The van der Waals surface area contributed by atoms with Gasteiger partial charge >= 0.3 is 0 Å². The number of hydrogen-bond donors (Lipinski definition) is 0. The van der Waals surface area contributed by atoms with Crippen LogP contribution in [0.5, 0.6) is 0 Å². The Morgan fingerprint density at radius 1 is 1.32 bits per heavy atom. The summed E-state index contributed by atoms with van der Waals surface area (Å²) in [4.78, 5) is 0. The number of terminal acetylenes is 1. The summed E-state index contributed by atoms with van der Waals surface area (Å²) in [5, 5.41) is 0. The predicted octanol–water partition coefficient (Wildman–Crippen LogP) is 3.11. The summed E-state index contributed by atoms with van der Waals surface area (Å²) < 4.78 is 18.2. The molecule has 1 aliphatic rings. The van der Waals surface area contributed by atoms with Crippen LogP contribution in [0, 0.1) is 23.7 Å². The molecule has 0 aliphatic carbocycles. The minimum absolute atomic E-state index is 0.133. The predicted molar refractivity (Wildman–Crippen MR) is 79.0 cm³/mol. The lowest BCUT2D eigenvalue weighted by Gasteiger charge is -2.36. The third-order valence-corrected chi connectivity index (χ3v) is 5.24. The van der Waals surface area contributed by atoms with Gasteiger partial charge in [0.25, 0.3) is 0 Å². The summed E-state index contributed by atoms with van der Waals surface area (Å²) in [6.07, 6.45) is 5.33. The lowest BCUT2D eigenvalue weighted by Crippen LogP contribution is -2.37. The molecule has 1 aromatic carbocycles. The molecule has 0 saturated carbocycles. The maximum Gasteiger partial charge on any atom is 0.157 e. The molecule has 0 bridgehead atoms. The van der Waals surface area contributed by atoms with Crippen molar-refractivity contribution in [1.82, 2.24) is 0 Å². The van der Waals surface area contributed by atoms with E-state index in [0.717, 1.165) is 11.1 Å². The van der Waals surface area contributed by atoms with Crippen LogP contribution in [0.1, 0.15) is 37.3 Å². The van der Waals surface area contributed by atoms with Crippen LogP contribution in [0.4, 0.5) is 0 Å². The molecule has 1 fully saturated rings. The molecule has 1 saturated heterocycles. The van der Waals surface area contributed by atoms with E-state index in [1.807, 2.05) is 24.3 Å².